The summed E-state index contributed by atoms with van der Waals surface area (Å²) in [5.74, 6) is 1.09. The van der Waals surface area contributed by atoms with E-state index >= 15 is 0 Å². The van der Waals surface area contributed by atoms with E-state index in [0.717, 1.165) is 5.75 Å². The minimum absolute atomic E-state index is 0.115. The predicted octanol–water partition coefficient (Wildman–Crippen LogP) is 2.46. The first-order valence-corrected chi connectivity index (χ1v) is 11.5. The highest BCUT2D eigenvalue weighted by Crippen LogP contribution is 2.22. The highest BCUT2D eigenvalue weighted by atomic mass is 32.2. The van der Waals surface area contributed by atoms with E-state index in [0.29, 0.717) is 23.6 Å². The van der Waals surface area contributed by atoms with Gasteiger partial charge in [-0.1, -0.05) is 6.07 Å². The van der Waals surface area contributed by atoms with Crippen molar-refractivity contribution in [1.82, 2.24) is 19.3 Å². The second-order valence-electron chi connectivity index (χ2n) is 6.15. The van der Waals surface area contributed by atoms with E-state index in [9.17, 15) is 13.2 Å². The van der Waals surface area contributed by atoms with Crippen molar-refractivity contribution in [3.05, 3.63) is 54.5 Å². The molecule has 0 saturated heterocycles. The second-order valence-corrected chi connectivity index (χ2v) is 8.85. The van der Waals surface area contributed by atoms with Crippen molar-refractivity contribution in [3.63, 3.8) is 0 Å². The number of benzene rings is 1. The molecule has 0 aliphatic carbocycles. The number of nitrogens with zero attached hydrogens (tertiary/aromatic N) is 3. The Morgan fingerprint density at radius 1 is 1.18 bits per heavy atom. The van der Waals surface area contributed by atoms with Crippen LogP contribution in [0.3, 0.4) is 0 Å². The average molecular weight is 420 g/mol. The topological polar surface area (TPSA) is 105 Å². The fourth-order valence-corrected chi connectivity index (χ4v) is 4.45. The zero-order valence-electron chi connectivity index (χ0n) is 15.5. The van der Waals surface area contributed by atoms with E-state index in [1.165, 1.54) is 19.1 Å². The summed E-state index contributed by atoms with van der Waals surface area (Å²) in [4.78, 5) is 11.2. The number of thioether (sulfide) groups is 1. The average Bonchev–Trinajstić information content (AvgIpc) is 3.09. The van der Waals surface area contributed by atoms with Crippen LogP contribution in [0.25, 0.3) is 5.65 Å². The first-order chi connectivity index (χ1) is 13.4. The van der Waals surface area contributed by atoms with Crippen molar-refractivity contribution in [2.45, 2.75) is 24.3 Å². The van der Waals surface area contributed by atoms with Gasteiger partial charge in [-0.15, -0.1) is 10.2 Å². The highest BCUT2D eigenvalue weighted by Gasteiger charge is 2.25. The molecule has 0 bridgehead atoms. The van der Waals surface area contributed by atoms with Crippen molar-refractivity contribution in [2.75, 3.05) is 17.3 Å². The minimum atomic E-state index is -3.78. The molecular formula is C18H21N5O3S2. The Morgan fingerprint density at radius 3 is 2.61 bits per heavy atom. The zero-order chi connectivity index (χ0) is 20.1. The molecule has 1 aromatic carbocycles. The maximum Gasteiger partial charge on any atom is 0.241 e. The van der Waals surface area contributed by atoms with Crippen LogP contribution in [-0.4, -0.2) is 40.9 Å². The molecule has 28 heavy (non-hydrogen) atoms. The van der Waals surface area contributed by atoms with Gasteiger partial charge in [0.1, 0.15) is 0 Å². The number of rotatable bonds is 8. The van der Waals surface area contributed by atoms with E-state index in [1.807, 2.05) is 30.7 Å². The number of pyridine rings is 1. The molecule has 0 unspecified atom stereocenters. The van der Waals surface area contributed by atoms with Gasteiger partial charge in [0.15, 0.2) is 11.5 Å². The van der Waals surface area contributed by atoms with Gasteiger partial charge in [0.25, 0.3) is 0 Å². The first-order valence-electron chi connectivity index (χ1n) is 8.59. The van der Waals surface area contributed by atoms with Crippen molar-refractivity contribution in [1.29, 1.82) is 0 Å². The summed E-state index contributed by atoms with van der Waals surface area (Å²) in [6.07, 6.45) is 4.35. The lowest BCUT2D eigenvalue weighted by molar-refractivity contribution is -0.114. The van der Waals surface area contributed by atoms with E-state index < -0.39 is 16.1 Å². The number of hydrogen-bond acceptors (Lipinski definition) is 6. The normalized spacial score (nSPS) is 12.8. The summed E-state index contributed by atoms with van der Waals surface area (Å²) in [6, 6.07) is 11.0. The molecule has 148 valence electrons. The van der Waals surface area contributed by atoms with Crippen LogP contribution in [0.4, 0.5) is 5.69 Å². The van der Waals surface area contributed by atoms with Gasteiger partial charge in [-0.05, 0) is 54.8 Å². The van der Waals surface area contributed by atoms with Gasteiger partial charge in [0.05, 0.1) is 10.9 Å². The molecule has 0 fully saturated rings. The van der Waals surface area contributed by atoms with Gasteiger partial charge in [0.2, 0.25) is 15.9 Å². The van der Waals surface area contributed by atoms with Gasteiger partial charge in [0, 0.05) is 18.8 Å². The molecule has 0 aliphatic heterocycles. The molecule has 1 amide bonds. The number of carbonyl (C=O) groups excluding carboxylic acids is 1. The zero-order valence-corrected chi connectivity index (χ0v) is 17.1. The van der Waals surface area contributed by atoms with Crippen LogP contribution in [0.2, 0.25) is 0 Å². The van der Waals surface area contributed by atoms with Crippen LogP contribution in [0.15, 0.2) is 53.6 Å². The van der Waals surface area contributed by atoms with Crippen LogP contribution in [-0.2, 0) is 14.8 Å². The number of hydrogen-bond donors (Lipinski definition) is 2. The summed E-state index contributed by atoms with van der Waals surface area (Å²) in [6.45, 7) is 1.39. The Bertz CT molecular complexity index is 1060. The van der Waals surface area contributed by atoms with E-state index in [-0.39, 0.29) is 10.8 Å². The molecular weight excluding hydrogens is 398 g/mol. The Hall–Kier alpha value is -2.43. The van der Waals surface area contributed by atoms with Gasteiger partial charge in [-0.25, -0.2) is 13.1 Å². The summed E-state index contributed by atoms with van der Waals surface area (Å²) in [7, 11) is -3.78. The van der Waals surface area contributed by atoms with Crippen molar-refractivity contribution < 1.29 is 13.2 Å². The standard InChI is InChI=1S/C18H21N5O3S2/c1-13(24)19-14-6-8-15(9-7-14)28(25,26)22-16(10-12-27-2)18-21-20-17-5-3-4-11-23(17)18/h3-9,11,16,22H,10,12H2,1-2H3,(H,19,24)/t16-/m0/s1. The van der Waals surface area contributed by atoms with Gasteiger partial charge in [-0.3, -0.25) is 9.20 Å². The van der Waals surface area contributed by atoms with Crippen LogP contribution in [0.1, 0.15) is 25.2 Å². The molecule has 0 radical (unpaired) electrons. The quantitative estimate of drug-likeness (QED) is 0.581. The van der Waals surface area contributed by atoms with Crippen molar-refractivity contribution in [2.24, 2.45) is 0 Å². The molecule has 0 aliphatic rings. The van der Waals surface area contributed by atoms with Crippen LogP contribution < -0.4 is 10.0 Å². The number of nitrogens with one attached hydrogen (secondary N) is 2. The van der Waals surface area contributed by atoms with Crippen LogP contribution >= 0.6 is 11.8 Å². The van der Waals surface area contributed by atoms with Gasteiger partial charge < -0.3 is 5.32 Å². The third-order valence-corrected chi connectivity index (χ3v) is 6.18. The molecule has 0 spiro atoms. The fourth-order valence-electron chi connectivity index (χ4n) is 2.75. The highest BCUT2D eigenvalue weighted by molar-refractivity contribution is 7.98. The maximum absolute atomic E-state index is 12.9. The number of sulfonamides is 1. The monoisotopic (exact) mass is 419 g/mol. The number of anilines is 1. The van der Waals surface area contributed by atoms with E-state index in [1.54, 1.807) is 28.3 Å². The Kier molecular flexibility index (Phi) is 6.32. The number of fused-ring (bicyclic) bond motifs is 1. The van der Waals surface area contributed by atoms with Crippen molar-refractivity contribution >= 4 is 39.0 Å². The molecule has 3 aromatic rings. The molecule has 1 atom stereocenters. The lowest BCUT2D eigenvalue weighted by atomic mass is 10.2. The summed E-state index contributed by atoms with van der Waals surface area (Å²) in [5, 5.41) is 10.9. The Labute approximate surface area is 167 Å². The second kappa shape index (κ2) is 8.72. The summed E-state index contributed by atoms with van der Waals surface area (Å²) >= 11 is 1.63. The van der Waals surface area contributed by atoms with E-state index in [2.05, 4.69) is 20.2 Å². The summed E-state index contributed by atoms with van der Waals surface area (Å²) < 4.78 is 30.3. The SMILES string of the molecule is CSCC[C@H](NS(=O)(=O)c1ccc(NC(C)=O)cc1)c1nnc2ccccn12. The number of aromatic nitrogens is 3. The van der Waals surface area contributed by atoms with Crippen LogP contribution in [0, 0.1) is 0 Å². The molecule has 3 rings (SSSR count). The minimum Gasteiger partial charge on any atom is -0.326 e. The Balaban J connectivity index is 1.88. The van der Waals surface area contributed by atoms with Gasteiger partial charge in [-0.2, -0.15) is 11.8 Å². The number of carbonyl (C=O) groups is 1. The van der Waals surface area contributed by atoms with Crippen LogP contribution in [0.5, 0.6) is 0 Å². The maximum atomic E-state index is 12.9. The molecule has 2 heterocycles. The van der Waals surface area contributed by atoms with Crippen molar-refractivity contribution in [3.8, 4) is 0 Å². The predicted molar refractivity (Wildman–Crippen MR) is 110 cm³/mol. The molecule has 8 nitrogen and oxygen atoms in total. The largest absolute Gasteiger partial charge is 0.326 e. The third-order valence-electron chi connectivity index (χ3n) is 4.04. The first kappa shape index (κ1) is 20.3. The third kappa shape index (κ3) is 4.70. The van der Waals surface area contributed by atoms with Gasteiger partial charge >= 0.3 is 0 Å². The summed E-state index contributed by atoms with van der Waals surface area (Å²) in [5.41, 5.74) is 1.19. The molecule has 10 heteroatoms. The Morgan fingerprint density at radius 2 is 1.93 bits per heavy atom. The lowest BCUT2D eigenvalue weighted by Crippen LogP contribution is -2.30. The fraction of sp³-hybridized carbons (Fsp3) is 0.278. The van der Waals surface area contributed by atoms with E-state index in [4.69, 9.17) is 0 Å². The number of amides is 1. The molecule has 2 aromatic heterocycles. The smallest absolute Gasteiger partial charge is 0.241 e. The molecule has 2 N–H and O–H groups in total. The lowest BCUT2D eigenvalue weighted by Gasteiger charge is -2.17. The molecule has 0 saturated carbocycles.